The molecule has 1 fully saturated rings. The van der Waals surface area contributed by atoms with E-state index in [-0.39, 0.29) is 28.1 Å². The van der Waals surface area contributed by atoms with Gasteiger partial charge in [-0.15, -0.1) is 5.10 Å². The molecule has 1 saturated carbocycles. The van der Waals surface area contributed by atoms with Crippen molar-refractivity contribution in [3.63, 3.8) is 0 Å². The van der Waals surface area contributed by atoms with E-state index >= 15 is 0 Å². The Hall–Kier alpha value is -2.83. The maximum atomic E-state index is 12.6. The van der Waals surface area contributed by atoms with Crippen molar-refractivity contribution >= 4 is 31.9 Å². The molecule has 0 aliphatic heterocycles. The van der Waals surface area contributed by atoms with Gasteiger partial charge in [0, 0.05) is 16.6 Å². The number of benzene rings is 1. The van der Waals surface area contributed by atoms with Gasteiger partial charge in [0.2, 0.25) is 0 Å². The molecule has 0 radical (unpaired) electrons. The van der Waals surface area contributed by atoms with Gasteiger partial charge < -0.3 is 14.6 Å². The largest absolute Gasteiger partial charge is 0.493 e. The second-order valence-electron chi connectivity index (χ2n) is 8.78. The Morgan fingerprint density at radius 1 is 1.22 bits per heavy atom. The van der Waals surface area contributed by atoms with Gasteiger partial charge in [-0.25, -0.2) is 13.1 Å². The highest BCUT2D eigenvalue weighted by Gasteiger charge is 2.27. The second kappa shape index (κ2) is 11.1. The predicted molar refractivity (Wildman–Crippen MR) is 135 cm³/mol. The molecule has 1 aromatic carbocycles. The summed E-state index contributed by atoms with van der Waals surface area (Å²) in [5.41, 5.74) is 1.71. The topological polar surface area (TPSA) is 136 Å². The third-order valence-electron chi connectivity index (χ3n) is 5.88. The second-order valence-corrected chi connectivity index (χ2v) is 11.3. The van der Waals surface area contributed by atoms with E-state index in [0.717, 1.165) is 28.8 Å². The van der Waals surface area contributed by atoms with E-state index in [4.69, 9.17) is 9.26 Å². The van der Waals surface area contributed by atoms with E-state index in [1.807, 2.05) is 29.8 Å². The van der Waals surface area contributed by atoms with Crippen LogP contribution in [0.5, 0.6) is 5.75 Å². The molecular weight excluding hydrogens is 550 g/mol. The molecule has 0 bridgehead atoms. The van der Waals surface area contributed by atoms with E-state index in [1.165, 1.54) is 32.8 Å². The highest BCUT2D eigenvalue weighted by Crippen LogP contribution is 2.31. The van der Waals surface area contributed by atoms with Crippen LogP contribution in [0.25, 0.3) is 0 Å². The third-order valence-corrected chi connectivity index (χ3v) is 7.95. The molecule has 4 rings (SSSR count). The van der Waals surface area contributed by atoms with Crippen molar-refractivity contribution in [2.75, 3.05) is 6.61 Å². The molecule has 1 amide bonds. The summed E-state index contributed by atoms with van der Waals surface area (Å²) in [6.45, 7) is 6.24. The Morgan fingerprint density at radius 3 is 2.61 bits per heavy atom. The summed E-state index contributed by atoms with van der Waals surface area (Å²) in [5.74, 6) is 0.715. The monoisotopic (exact) mass is 577 g/mol. The van der Waals surface area contributed by atoms with Gasteiger partial charge in [-0.05, 0) is 69.4 Å². The summed E-state index contributed by atoms with van der Waals surface area (Å²) in [6.07, 6.45) is 3.17. The fraction of sp³-hybridized carbons (Fsp3) is 0.417. The summed E-state index contributed by atoms with van der Waals surface area (Å²) >= 11 is 3.53. The van der Waals surface area contributed by atoms with Gasteiger partial charge in [-0.3, -0.25) is 4.79 Å². The highest BCUT2D eigenvalue weighted by atomic mass is 79.9. The summed E-state index contributed by atoms with van der Waals surface area (Å²) < 4.78 is 39.1. The Balaban J connectivity index is 1.41. The number of rotatable bonds is 11. The van der Waals surface area contributed by atoms with Crippen LogP contribution in [0, 0.1) is 19.8 Å². The van der Waals surface area contributed by atoms with Crippen molar-refractivity contribution in [2.24, 2.45) is 5.92 Å². The summed E-state index contributed by atoms with van der Waals surface area (Å²) in [4.78, 5) is 12.4. The number of aryl methyl sites for hydroxylation is 2. The number of carbonyl (C=O) groups excluding carboxylic acids is 1. The average Bonchev–Trinajstić information content (AvgIpc) is 3.60. The zero-order valence-corrected chi connectivity index (χ0v) is 22.6. The lowest BCUT2D eigenvalue weighted by atomic mass is 10.1. The SMILES string of the molecule is CCC(NCc1cc(Br)ccc1OCC1CC1)c1ccc(C(=O)NS(=O)(=O)c2c(C)noc2C)nn1. The standard InChI is InChI=1S/C24H28BrN5O5S/c1-4-19(26-12-17-11-18(25)7-10-22(17)34-13-16-5-6-16)20-8-9-21(28-27-20)24(31)30-36(32,33)23-14(2)29-35-15(23)3/h7-11,16,19,26H,4-6,12-13H2,1-3H3,(H,30,31). The minimum atomic E-state index is -4.16. The smallest absolute Gasteiger partial charge is 0.285 e. The first-order valence-electron chi connectivity index (χ1n) is 11.7. The molecule has 1 unspecified atom stereocenters. The number of sulfonamides is 1. The van der Waals surface area contributed by atoms with Crippen molar-refractivity contribution in [1.82, 2.24) is 25.4 Å². The van der Waals surface area contributed by atoms with Gasteiger partial charge in [0.1, 0.15) is 11.4 Å². The van der Waals surface area contributed by atoms with E-state index in [1.54, 1.807) is 6.07 Å². The molecule has 2 N–H and O–H groups in total. The zero-order valence-electron chi connectivity index (χ0n) is 20.2. The van der Waals surface area contributed by atoms with Crippen LogP contribution in [0.15, 0.2) is 44.2 Å². The molecule has 1 aliphatic rings. The van der Waals surface area contributed by atoms with Gasteiger partial charge in [0.25, 0.3) is 15.9 Å². The lowest BCUT2D eigenvalue weighted by Crippen LogP contribution is -2.32. The van der Waals surface area contributed by atoms with E-state index < -0.39 is 15.9 Å². The van der Waals surface area contributed by atoms with Gasteiger partial charge in [-0.2, -0.15) is 5.10 Å². The molecule has 0 spiro atoms. The number of aromatic nitrogens is 3. The number of ether oxygens (including phenoxy) is 1. The Kier molecular flexibility index (Phi) is 8.06. The van der Waals surface area contributed by atoms with Crippen LogP contribution in [-0.2, 0) is 16.6 Å². The lowest BCUT2D eigenvalue weighted by Gasteiger charge is -2.18. The normalized spacial score (nSPS) is 14.4. The lowest BCUT2D eigenvalue weighted by molar-refractivity contribution is 0.0975. The predicted octanol–water partition coefficient (Wildman–Crippen LogP) is 3.99. The van der Waals surface area contributed by atoms with E-state index in [0.29, 0.717) is 18.2 Å². The van der Waals surface area contributed by atoms with Crippen molar-refractivity contribution in [3.8, 4) is 5.75 Å². The molecule has 3 aromatic rings. The van der Waals surface area contributed by atoms with Crippen molar-refractivity contribution in [2.45, 2.75) is 57.5 Å². The molecule has 192 valence electrons. The maximum Gasteiger partial charge on any atom is 0.285 e. The first-order chi connectivity index (χ1) is 17.2. The quantitative estimate of drug-likeness (QED) is 0.346. The minimum absolute atomic E-state index is 0.0950. The molecule has 1 atom stereocenters. The van der Waals surface area contributed by atoms with Gasteiger partial charge in [0.05, 0.1) is 18.3 Å². The Bertz CT molecular complexity index is 1320. The molecule has 10 nitrogen and oxygen atoms in total. The van der Waals surface area contributed by atoms with Crippen molar-refractivity contribution in [3.05, 3.63) is 63.2 Å². The first kappa shape index (κ1) is 26.2. The number of nitrogens with zero attached hydrogens (tertiary/aromatic N) is 3. The fourth-order valence-corrected chi connectivity index (χ4v) is 5.44. The van der Waals surface area contributed by atoms with Gasteiger partial charge >= 0.3 is 0 Å². The fourth-order valence-electron chi connectivity index (χ4n) is 3.74. The van der Waals surface area contributed by atoms with Crippen LogP contribution in [0.1, 0.15) is 65.4 Å². The first-order valence-corrected chi connectivity index (χ1v) is 13.9. The van der Waals surface area contributed by atoms with Crippen LogP contribution in [0.3, 0.4) is 0 Å². The number of nitrogens with one attached hydrogen (secondary N) is 2. The highest BCUT2D eigenvalue weighted by molar-refractivity contribution is 9.10. The summed E-state index contributed by atoms with van der Waals surface area (Å²) in [7, 11) is -4.16. The molecule has 12 heteroatoms. The van der Waals surface area contributed by atoms with Crippen LogP contribution in [0.4, 0.5) is 0 Å². The average molecular weight is 578 g/mol. The molecule has 1 aliphatic carbocycles. The Morgan fingerprint density at radius 2 is 2.00 bits per heavy atom. The number of amides is 1. The van der Waals surface area contributed by atoms with Crippen molar-refractivity contribution < 1.29 is 22.5 Å². The molecule has 36 heavy (non-hydrogen) atoms. The third kappa shape index (κ3) is 6.29. The van der Waals surface area contributed by atoms with Crippen LogP contribution in [0.2, 0.25) is 0 Å². The minimum Gasteiger partial charge on any atom is -0.493 e. The number of hydrogen-bond acceptors (Lipinski definition) is 9. The van der Waals surface area contributed by atoms with Gasteiger partial charge in [0.15, 0.2) is 16.3 Å². The summed E-state index contributed by atoms with van der Waals surface area (Å²) in [5, 5.41) is 15.2. The maximum absolute atomic E-state index is 12.6. The Labute approximate surface area is 218 Å². The van der Waals surface area contributed by atoms with Crippen LogP contribution in [-0.4, -0.2) is 36.3 Å². The number of carbonyl (C=O) groups is 1. The number of halogens is 1. The number of hydrogen-bond donors (Lipinski definition) is 2. The van der Waals surface area contributed by atoms with E-state index in [9.17, 15) is 13.2 Å². The zero-order chi connectivity index (χ0) is 25.9. The van der Waals surface area contributed by atoms with Crippen molar-refractivity contribution in [1.29, 1.82) is 0 Å². The summed E-state index contributed by atoms with van der Waals surface area (Å²) in [6, 6.07) is 8.94. The molecule has 2 heterocycles. The van der Waals surface area contributed by atoms with Crippen LogP contribution >= 0.6 is 15.9 Å². The van der Waals surface area contributed by atoms with E-state index in [2.05, 4.69) is 36.6 Å². The van der Waals surface area contributed by atoms with Gasteiger partial charge in [-0.1, -0.05) is 28.0 Å². The molecular formula is C24H28BrN5O5S. The molecule has 0 saturated heterocycles. The van der Waals surface area contributed by atoms with Crippen LogP contribution < -0.4 is 14.8 Å². The molecule has 2 aromatic heterocycles.